The quantitative estimate of drug-likeness (QED) is 0.842. The first-order valence-electron chi connectivity index (χ1n) is 7.67. The summed E-state index contributed by atoms with van der Waals surface area (Å²) in [6, 6.07) is 5.67. The van der Waals surface area contributed by atoms with Crippen LogP contribution in [-0.2, 0) is 16.1 Å². The fraction of sp³-hybridized carbons (Fsp3) is 0.529. The van der Waals surface area contributed by atoms with Crippen molar-refractivity contribution in [2.24, 2.45) is 5.92 Å². The number of nitrogens with zero attached hydrogens (tertiary/aromatic N) is 1. The van der Waals surface area contributed by atoms with E-state index in [1.54, 1.807) is 32.0 Å². The Balaban J connectivity index is 2.86. The number of hydrogen-bond donors (Lipinski definition) is 1. The van der Waals surface area contributed by atoms with Gasteiger partial charge in [-0.15, -0.1) is 0 Å². The van der Waals surface area contributed by atoms with Gasteiger partial charge in [0.05, 0.1) is 0 Å². The largest absolute Gasteiger partial charge is 0.354 e. The molecule has 0 aliphatic carbocycles. The molecule has 0 fully saturated rings. The number of carbonyl (C=O) groups is 2. The van der Waals surface area contributed by atoms with Crippen LogP contribution in [-0.4, -0.2) is 29.3 Å². The Morgan fingerprint density at radius 2 is 1.86 bits per heavy atom. The Labute approximate surface area is 131 Å². The van der Waals surface area contributed by atoms with E-state index in [0.717, 1.165) is 0 Å². The van der Waals surface area contributed by atoms with Crippen LogP contribution >= 0.6 is 0 Å². The molecule has 1 aromatic carbocycles. The molecule has 0 aromatic heterocycles. The lowest BCUT2D eigenvalue weighted by Crippen LogP contribution is -2.48. The Hall–Kier alpha value is -1.91. The van der Waals surface area contributed by atoms with E-state index in [1.807, 2.05) is 13.8 Å². The number of amides is 2. The molecule has 22 heavy (non-hydrogen) atoms. The van der Waals surface area contributed by atoms with Gasteiger partial charge in [0.15, 0.2) is 0 Å². The van der Waals surface area contributed by atoms with Gasteiger partial charge in [0, 0.05) is 25.1 Å². The zero-order valence-corrected chi connectivity index (χ0v) is 13.7. The highest BCUT2D eigenvalue weighted by Crippen LogP contribution is 2.14. The zero-order valence-electron chi connectivity index (χ0n) is 13.7. The van der Waals surface area contributed by atoms with E-state index in [1.165, 1.54) is 11.0 Å². The van der Waals surface area contributed by atoms with Crippen molar-refractivity contribution in [3.63, 3.8) is 0 Å². The number of nitrogens with one attached hydrogen (secondary N) is 1. The molecular formula is C17H25FN2O2. The third kappa shape index (κ3) is 5.13. The van der Waals surface area contributed by atoms with E-state index in [4.69, 9.17) is 0 Å². The summed E-state index contributed by atoms with van der Waals surface area (Å²) in [6.07, 6.45) is 0.274. The van der Waals surface area contributed by atoms with Crippen LogP contribution in [0.2, 0.25) is 0 Å². The topological polar surface area (TPSA) is 49.4 Å². The first kappa shape index (κ1) is 18.1. The smallest absolute Gasteiger partial charge is 0.242 e. The van der Waals surface area contributed by atoms with Gasteiger partial charge in [-0.1, -0.05) is 39.0 Å². The van der Waals surface area contributed by atoms with Gasteiger partial charge < -0.3 is 10.2 Å². The van der Waals surface area contributed by atoms with Crippen LogP contribution in [0.1, 0.15) is 39.7 Å². The molecule has 1 aromatic rings. The normalized spacial score (nSPS) is 12.1. The molecule has 0 saturated heterocycles. The molecule has 0 spiro atoms. The van der Waals surface area contributed by atoms with E-state index in [9.17, 15) is 14.0 Å². The van der Waals surface area contributed by atoms with Crippen LogP contribution in [0.15, 0.2) is 24.3 Å². The number of hydrogen-bond acceptors (Lipinski definition) is 2. The minimum atomic E-state index is -0.634. The molecule has 1 atom stereocenters. The van der Waals surface area contributed by atoms with Gasteiger partial charge in [-0.2, -0.15) is 0 Å². The van der Waals surface area contributed by atoms with Crippen LogP contribution in [0.4, 0.5) is 4.39 Å². The van der Waals surface area contributed by atoms with Gasteiger partial charge in [-0.25, -0.2) is 4.39 Å². The van der Waals surface area contributed by atoms with Gasteiger partial charge in [0.25, 0.3) is 0 Å². The number of rotatable bonds is 7. The van der Waals surface area contributed by atoms with Crippen LogP contribution < -0.4 is 5.32 Å². The summed E-state index contributed by atoms with van der Waals surface area (Å²) >= 11 is 0. The van der Waals surface area contributed by atoms with Crippen molar-refractivity contribution >= 4 is 11.8 Å². The Morgan fingerprint density at radius 1 is 1.23 bits per heavy atom. The molecule has 1 rings (SSSR count). The van der Waals surface area contributed by atoms with E-state index < -0.39 is 6.04 Å². The highest BCUT2D eigenvalue weighted by atomic mass is 19.1. The maximum Gasteiger partial charge on any atom is 0.242 e. The Kier molecular flexibility index (Phi) is 7.02. The second-order valence-corrected chi connectivity index (χ2v) is 5.78. The van der Waals surface area contributed by atoms with Crippen LogP contribution in [0.3, 0.4) is 0 Å². The minimum absolute atomic E-state index is 0.0929. The van der Waals surface area contributed by atoms with Crippen molar-refractivity contribution in [3.05, 3.63) is 35.6 Å². The SMILES string of the molecule is CCC(=O)N(Cc1ccccc1F)C(C)C(=O)NCC(C)C. The minimum Gasteiger partial charge on any atom is -0.354 e. The highest BCUT2D eigenvalue weighted by Gasteiger charge is 2.25. The lowest BCUT2D eigenvalue weighted by atomic mass is 10.1. The molecule has 2 amide bonds. The monoisotopic (exact) mass is 308 g/mol. The molecule has 0 aliphatic heterocycles. The molecule has 122 valence electrons. The van der Waals surface area contributed by atoms with E-state index in [0.29, 0.717) is 18.0 Å². The predicted octanol–water partition coefficient (Wildman–Crippen LogP) is 2.73. The van der Waals surface area contributed by atoms with Crippen LogP contribution in [0, 0.1) is 11.7 Å². The number of carbonyl (C=O) groups excluding carboxylic acids is 2. The average Bonchev–Trinajstić information content (AvgIpc) is 2.50. The third-order valence-corrected chi connectivity index (χ3v) is 3.45. The molecule has 0 heterocycles. The second kappa shape index (κ2) is 8.51. The van der Waals surface area contributed by atoms with Gasteiger partial charge in [0.2, 0.25) is 11.8 Å². The van der Waals surface area contributed by atoms with Crippen molar-refractivity contribution in [2.45, 2.75) is 46.7 Å². The zero-order chi connectivity index (χ0) is 16.7. The summed E-state index contributed by atoms with van der Waals surface area (Å²) < 4.78 is 13.8. The maximum atomic E-state index is 13.8. The van der Waals surface area contributed by atoms with Gasteiger partial charge in [-0.05, 0) is 18.9 Å². The van der Waals surface area contributed by atoms with Crippen molar-refractivity contribution in [3.8, 4) is 0 Å². The lowest BCUT2D eigenvalue weighted by molar-refractivity contribution is -0.140. The van der Waals surface area contributed by atoms with E-state index in [2.05, 4.69) is 5.32 Å². The molecule has 0 bridgehead atoms. The second-order valence-electron chi connectivity index (χ2n) is 5.78. The molecule has 0 saturated carbocycles. The van der Waals surface area contributed by atoms with Gasteiger partial charge in [-0.3, -0.25) is 9.59 Å². The van der Waals surface area contributed by atoms with Crippen LogP contribution in [0.25, 0.3) is 0 Å². The summed E-state index contributed by atoms with van der Waals surface area (Å²) in [5.74, 6) is -0.425. The number of halogens is 1. The molecule has 1 N–H and O–H groups in total. The summed E-state index contributed by atoms with van der Waals surface area (Å²) in [5, 5.41) is 2.82. The molecule has 0 aliphatic rings. The van der Waals surface area contributed by atoms with Crippen molar-refractivity contribution in [1.29, 1.82) is 0 Å². The summed E-state index contributed by atoms with van der Waals surface area (Å²) in [4.78, 5) is 25.7. The standard InChI is InChI=1S/C17H25FN2O2/c1-5-16(21)20(11-14-8-6-7-9-15(14)18)13(4)17(22)19-10-12(2)3/h6-9,12-13H,5,10-11H2,1-4H3,(H,19,22). The highest BCUT2D eigenvalue weighted by molar-refractivity contribution is 5.87. The van der Waals surface area contributed by atoms with E-state index >= 15 is 0 Å². The van der Waals surface area contributed by atoms with Crippen LogP contribution in [0.5, 0.6) is 0 Å². The summed E-state index contributed by atoms with van der Waals surface area (Å²) in [7, 11) is 0. The Bertz CT molecular complexity index is 517. The Morgan fingerprint density at radius 3 is 2.41 bits per heavy atom. The lowest BCUT2D eigenvalue weighted by Gasteiger charge is -2.28. The van der Waals surface area contributed by atoms with Crippen molar-refractivity contribution in [2.75, 3.05) is 6.54 Å². The van der Waals surface area contributed by atoms with Gasteiger partial charge >= 0.3 is 0 Å². The fourth-order valence-electron chi connectivity index (χ4n) is 2.05. The molecule has 0 radical (unpaired) electrons. The van der Waals surface area contributed by atoms with Crippen molar-refractivity contribution < 1.29 is 14.0 Å². The third-order valence-electron chi connectivity index (χ3n) is 3.45. The van der Waals surface area contributed by atoms with E-state index in [-0.39, 0.29) is 30.6 Å². The molecular weight excluding hydrogens is 283 g/mol. The molecule has 5 heteroatoms. The maximum absolute atomic E-state index is 13.8. The summed E-state index contributed by atoms with van der Waals surface area (Å²) in [5.41, 5.74) is 0.410. The van der Waals surface area contributed by atoms with Gasteiger partial charge in [0.1, 0.15) is 11.9 Å². The number of benzene rings is 1. The first-order chi connectivity index (χ1) is 10.4. The molecule has 4 nitrogen and oxygen atoms in total. The summed E-state index contributed by atoms with van der Waals surface area (Å²) in [6.45, 7) is 8.05. The predicted molar refractivity (Wildman–Crippen MR) is 84.6 cm³/mol. The van der Waals surface area contributed by atoms with Crippen molar-refractivity contribution in [1.82, 2.24) is 10.2 Å². The average molecular weight is 308 g/mol. The fourth-order valence-corrected chi connectivity index (χ4v) is 2.05. The first-order valence-corrected chi connectivity index (χ1v) is 7.67. The molecule has 1 unspecified atom stereocenters.